The first-order valence-electron chi connectivity index (χ1n) is 6.89. The van der Waals surface area contributed by atoms with Gasteiger partial charge in [0.1, 0.15) is 0 Å². The van der Waals surface area contributed by atoms with E-state index in [9.17, 15) is 0 Å². The zero-order valence-corrected chi connectivity index (χ0v) is 12.2. The molecule has 1 aromatic heterocycles. The Bertz CT molecular complexity index is 326. The van der Waals surface area contributed by atoms with E-state index in [4.69, 9.17) is 0 Å². The van der Waals surface area contributed by atoms with Gasteiger partial charge in [-0.3, -0.25) is 9.88 Å². The molecule has 0 saturated carbocycles. The van der Waals surface area contributed by atoms with E-state index < -0.39 is 0 Å². The fourth-order valence-electron chi connectivity index (χ4n) is 2.29. The number of aromatic nitrogens is 1. The average molecular weight is 249 g/mol. The van der Waals surface area contributed by atoms with Gasteiger partial charge in [-0.2, -0.15) is 0 Å². The monoisotopic (exact) mass is 249 g/mol. The average Bonchev–Trinajstić information content (AvgIpc) is 2.39. The molecule has 1 rings (SSSR count). The van der Waals surface area contributed by atoms with E-state index in [-0.39, 0.29) is 0 Å². The van der Waals surface area contributed by atoms with Crippen LogP contribution >= 0.6 is 0 Å². The molecule has 0 saturated heterocycles. The van der Waals surface area contributed by atoms with Crippen LogP contribution in [0.1, 0.15) is 32.8 Å². The molecule has 0 amide bonds. The Labute approximate surface area is 112 Å². The van der Waals surface area contributed by atoms with Gasteiger partial charge in [0, 0.05) is 32.0 Å². The number of nitrogens with one attached hydrogen (secondary N) is 1. The standard InChI is InChI=1S/C15H27N3/c1-5-15(3,12-16-4)13-18(6-2)11-14-7-9-17-10-8-14/h7-10,16H,5-6,11-13H2,1-4H3. The summed E-state index contributed by atoms with van der Waals surface area (Å²) in [6.45, 7) is 11.2. The van der Waals surface area contributed by atoms with Crippen LogP contribution in [0.25, 0.3) is 0 Å². The molecule has 0 aliphatic carbocycles. The van der Waals surface area contributed by atoms with Gasteiger partial charge < -0.3 is 5.32 Å². The van der Waals surface area contributed by atoms with Crippen molar-refractivity contribution in [1.29, 1.82) is 0 Å². The molecule has 0 aliphatic heterocycles. The van der Waals surface area contributed by atoms with Crippen molar-refractivity contribution in [3.8, 4) is 0 Å². The van der Waals surface area contributed by atoms with Gasteiger partial charge in [-0.15, -0.1) is 0 Å². The van der Waals surface area contributed by atoms with Gasteiger partial charge in [-0.05, 0) is 43.1 Å². The number of rotatable bonds is 8. The van der Waals surface area contributed by atoms with Crippen molar-refractivity contribution in [2.24, 2.45) is 5.41 Å². The minimum absolute atomic E-state index is 0.345. The first-order chi connectivity index (χ1) is 8.63. The molecule has 1 atom stereocenters. The molecule has 0 aliphatic rings. The van der Waals surface area contributed by atoms with Crippen LogP contribution in [0.5, 0.6) is 0 Å². The van der Waals surface area contributed by atoms with E-state index in [0.717, 1.165) is 26.2 Å². The molecule has 0 bridgehead atoms. The molecule has 3 heteroatoms. The van der Waals surface area contributed by atoms with E-state index in [2.05, 4.69) is 48.1 Å². The van der Waals surface area contributed by atoms with Crippen molar-refractivity contribution < 1.29 is 0 Å². The molecule has 102 valence electrons. The number of pyridine rings is 1. The number of hydrogen-bond donors (Lipinski definition) is 1. The highest BCUT2D eigenvalue weighted by molar-refractivity contribution is 5.09. The lowest BCUT2D eigenvalue weighted by molar-refractivity contribution is 0.157. The summed E-state index contributed by atoms with van der Waals surface area (Å²) in [6, 6.07) is 4.20. The summed E-state index contributed by atoms with van der Waals surface area (Å²) in [7, 11) is 2.03. The fraction of sp³-hybridized carbons (Fsp3) is 0.667. The van der Waals surface area contributed by atoms with Crippen LogP contribution < -0.4 is 5.32 Å². The molecule has 1 unspecified atom stereocenters. The Balaban J connectivity index is 2.61. The second kappa shape index (κ2) is 7.49. The van der Waals surface area contributed by atoms with Crippen molar-refractivity contribution in [2.75, 3.05) is 26.7 Å². The van der Waals surface area contributed by atoms with Crippen molar-refractivity contribution in [3.05, 3.63) is 30.1 Å². The Morgan fingerprint density at radius 1 is 1.28 bits per heavy atom. The van der Waals surface area contributed by atoms with Crippen molar-refractivity contribution in [2.45, 2.75) is 33.7 Å². The first kappa shape index (κ1) is 15.1. The third-order valence-electron chi connectivity index (χ3n) is 3.67. The van der Waals surface area contributed by atoms with Crippen molar-refractivity contribution in [1.82, 2.24) is 15.2 Å². The topological polar surface area (TPSA) is 28.2 Å². The van der Waals surface area contributed by atoms with Gasteiger partial charge >= 0.3 is 0 Å². The largest absolute Gasteiger partial charge is 0.319 e. The van der Waals surface area contributed by atoms with E-state index in [0.29, 0.717) is 5.41 Å². The van der Waals surface area contributed by atoms with Crippen LogP contribution in [0.15, 0.2) is 24.5 Å². The lowest BCUT2D eigenvalue weighted by atomic mass is 9.86. The maximum absolute atomic E-state index is 4.07. The number of nitrogens with zero attached hydrogens (tertiary/aromatic N) is 2. The second-order valence-corrected chi connectivity index (χ2v) is 5.35. The van der Waals surface area contributed by atoms with Gasteiger partial charge in [0.05, 0.1) is 0 Å². The van der Waals surface area contributed by atoms with Crippen LogP contribution in [0, 0.1) is 5.41 Å². The van der Waals surface area contributed by atoms with Gasteiger partial charge in [0.25, 0.3) is 0 Å². The Morgan fingerprint density at radius 3 is 2.44 bits per heavy atom. The summed E-state index contributed by atoms with van der Waals surface area (Å²) < 4.78 is 0. The molecule has 0 fully saturated rings. The summed E-state index contributed by atoms with van der Waals surface area (Å²) in [5.74, 6) is 0. The van der Waals surface area contributed by atoms with E-state index in [1.54, 1.807) is 0 Å². The van der Waals surface area contributed by atoms with E-state index >= 15 is 0 Å². The minimum atomic E-state index is 0.345. The smallest absolute Gasteiger partial charge is 0.0271 e. The molecule has 0 spiro atoms. The molecule has 1 heterocycles. The van der Waals surface area contributed by atoms with E-state index in [1.807, 2.05) is 19.4 Å². The van der Waals surface area contributed by atoms with Crippen LogP contribution in [0.4, 0.5) is 0 Å². The van der Waals surface area contributed by atoms with Gasteiger partial charge in [0.15, 0.2) is 0 Å². The fourth-order valence-corrected chi connectivity index (χ4v) is 2.29. The second-order valence-electron chi connectivity index (χ2n) is 5.35. The Kier molecular flexibility index (Phi) is 6.30. The SMILES string of the molecule is CCN(Cc1ccncc1)CC(C)(CC)CNC. The maximum Gasteiger partial charge on any atom is 0.0271 e. The highest BCUT2D eigenvalue weighted by atomic mass is 15.1. The number of hydrogen-bond acceptors (Lipinski definition) is 3. The van der Waals surface area contributed by atoms with E-state index in [1.165, 1.54) is 12.0 Å². The maximum atomic E-state index is 4.07. The predicted molar refractivity (Wildman–Crippen MR) is 77.5 cm³/mol. The third kappa shape index (κ3) is 4.75. The Hall–Kier alpha value is -0.930. The third-order valence-corrected chi connectivity index (χ3v) is 3.67. The van der Waals surface area contributed by atoms with Crippen LogP contribution in [0.3, 0.4) is 0 Å². The zero-order chi connectivity index (χ0) is 13.4. The molecular weight excluding hydrogens is 222 g/mol. The highest BCUT2D eigenvalue weighted by Gasteiger charge is 2.23. The summed E-state index contributed by atoms with van der Waals surface area (Å²) in [6.07, 6.45) is 4.94. The van der Waals surface area contributed by atoms with Gasteiger partial charge in [-0.25, -0.2) is 0 Å². The summed E-state index contributed by atoms with van der Waals surface area (Å²) in [5, 5.41) is 3.32. The summed E-state index contributed by atoms with van der Waals surface area (Å²) in [4.78, 5) is 6.58. The van der Waals surface area contributed by atoms with Gasteiger partial charge in [-0.1, -0.05) is 20.8 Å². The minimum Gasteiger partial charge on any atom is -0.319 e. The molecule has 3 nitrogen and oxygen atoms in total. The lowest BCUT2D eigenvalue weighted by Crippen LogP contribution is -2.41. The van der Waals surface area contributed by atoms with Crippen LogP contribution in [-0.2, 0) is 6.54 Å². The Morgan fingerprint density at radius 2 is 1.94 bits per heavy atom. The summed E-state index contributed by atoms with van der Waals surface area (Å²) >= 11 is 0. The normalized spacial score (nSPS) is 14.7. The molecule has 18 heavy (non-hydrogen) atoms. The quantitative estimate of drug-likeness (QED) is 0.767. The molecule has 0 radical (unpaired) electrons. The van der Waals surface area contributed by atoms with Crippen LogP contribution in [-0.4, -0.2) is 36.6 Å². The van der Waals surface area contributed by atoms with Crippen molar-refractivity contribution >= 4 is 0 Å². The molecule has 1 aromatic rings. The highest BCUT2D eigenvalue weighted by Crippen LogP contribution is 2.22. The first-order valence-corrected chi connectivity index (χ1v) is 6.89. The van der Waals surface area contributed by atoms with Gasteiger partial charge in [0.2, 0.25) is 0 Å². The molecule has 0 aromatic carbocycles. The zero-order valence-electron chi connectivity index (χ0n) is 12.2. The lowest BCUT2D eigenvalue weighted by Gasteiger charge is -2.34. The predicted octanol–water partition coefficient (Wildman–Crippen LogP) is 2.54. The van der Waals surface area contributed by atoms with Crippen molar-refractivity contribution in [3.63, 3.8) is 0 Å². The van der Waals surface area contributed by atoms with Crippen LogP contribution in [0.2, 0.25) is 0 Å². The molecular formula is C15H27N3. The molecule has 1 N–H and O–H groups in total. The summed E-state index contributed by atoms with van der Waals surface area (Å²) in [5.41, 5.74) is 1.69.